The van der Waals surface area contributed by atoms with Crippen LogP contribution < -0.4 is 0 Å². The Labute approximate surface area is 81.8 Å². The molecule has 76 valence electrons. The van der Waals surface area contributed by atoms with Crippen LogP contribution >= 0.6 is 0 Å². The number of aromatic nitrogens is 3. The third-order valence-corrected chi connectivity index (χ3v) is 2.57. The summed E-state index contributed by atoms with van der Waals surface area (Å²) in [6.07, 6.45) is 2.21. The van der Waals surface area contributed by atoms with Crippen LogP contribution in [0.4, 0.5) is 0 Å². The van der Waals surface area contributed by atoms with E-state index in [-0.39, 0.29) is 5.92 Å². The molecule has 1 atom stereocenters. The largest absolute Gasteiger partial charge is 0.481 e. The highest BCUT2D eigenvalue weighted by Crippen LogP contribution is 2.18. The van der Waals surface area contributed by atoms with E-state index in [1.807, 2.05) is 6.92 Å². The Kier molecular flexibility index (Phi) is 2.23. The molecular weight excluding hydrogens is 182 g/mol. The van der Waals surface area contributed by atoms with Crippen molar-refractivity contribution in [1.29, 1.82) is 0 Å². The average molecular weight is 195 g/mol. The maximum absolute atomic E-state index is 10.8. The highest BCUT2D eigenvalue weighted by Gasteiger charge is 2.25. The number of carboxylic acid groups (broad SMARTS) is 1. The van der Waals surface area contributed by atoms with Gasteiger partial charge in [-0.05, 0) is 6.42 Å². The predicted octanol–water partition coefficient (Wildman–Crippen LogP) is 0.487. The molecule has 0 aromatic carbocycles. The maximum atomic E-state index is 10.8. The molecule has 1 aliphatic rings. The molecule has 0 bridgehead atoms. The SMILES string of the molecule is CCc1nc2n(n1)CC(C(=O)O)CC2. The summed E-state index contributed by atoms with van der Waals surface area (Å²) >= 11 is 0. The number of rotatable bonds is 2. The number of hydrogen-bond acceptors (Lipinski definition) is 3. The summed E-state index contributed by atoms with van der Waals surface area (Å²) in [6.45, 7) is 2.47. The van der Waals surface area contributed by atoms with E-state index in [1.165, 1.54) is 0 Å². The number of nitrogens with zero attached hydrogens (tertiary/aromatic N) is 3. The minimum Gasteiger partial charge on any atom is -0.481 e. The third-order valence-electron chi connectivity index (χ3n) is 2.57. The van der Waals surface area contributed by atoms with Gasteiger partial charge in [0.1, 0.15) is 5.82 Å². The van der Waals surface area contributed by atoms with Gasteiger partial charge in [-0.3, -0.25) is 4.79 Å². The molecule has 0 aliphatic carbocycles. The van der Waals surface area contributed by atoms with Crippen LogP contribution in [-0.4, -0.2) is 25.8 Å². The zero-order valence-corrected chi connectivity index (χ0v) is 8.10. The molecule has 0 saturated carbocycles. The molecule has 0 fully saturated rings. The van der Waals surface area contributed by atoms with E-state index in [0.717, 1.165) is 24.5 Å². The van der Waals surface area contributed by atoms with Crippen molar-refractivity contribution in [2.45, 2.75) is 32.7 Å². The summed E-state index contributed by atoms with van der Waals surface area (Å²) in [7, 11) is 0. The number of hydrogen-bond donors (Lipinski definition) is 1. The summed E-state index contributed by atoms with van der Waals surface area (Å²) in [5.74, 6) is 0.712. The molecule has 0 amide bonds. The second-order valence-corrected chi connectivity index (χ2v) is 3.55. The van der Waals surface area contributed by atoms with Crippen LogP contribution in [0.1, 0.15) is 25.0 Å². The van der Waals surface area contributed by atoms with Crippen molar-refractivity contribution >= 4 is 5.97 Å². The average Bonchev–Trinajstić information content (AvgIpc) is 2.58. The Morgan fingerprint density at radius 3 is 3.14 bits per heavy atom. The molecule has 1 unspecified atom stereocenters. The molecular formula is C9H13N3O2. The highest BCUT2D eigenvalue weighted by atomic mass is 16.4. The standard InChI is InChI=1S/C9H13N3O2/c1-2-7-10-8-4-3-6(9(13)14)5-12(8)11-7/h6H,2-5H2,1H3,(H,13,14). The smallest absolute Gasteiger partial charge is 0.308 e. The molecule has 1 aromatic heterocycles. The molecule has 1 aliphatic heterocycles. The van der Waals surface area contributed by atoms with Crippen LogP contribution in [0, 0.1) is 5.92 Å². The molecule has 1 aromatic rings. The van der Waals surface area contributed by atoms with Gasteiger partial charge in [-0.1, -0.05) is 6.92 Å². The maximum Gasteiger partial charge on any atom is 0.308 e. The van der Waals surface area contributed by atoms with Crippen molar-refractivity contribution < 1.29 is 9.90 Å². The van der Waals surface area contributed by atoms with Gasteiger partial charge in [-0.25, -0.2) is 9.67 Å². The normalized spacial score (nSPS) is 20.5. The molecule has 1 N–H and O–H groups in total. The van der Waals surface area contributed by atoms with Gasteiger partial charge in [0.15, 0.2) is 5.82 Å². The van der Waals surface area contributed by atoms with Gasteiger partial charge in [-0.2, -0.15) is 5.10 Å². The predicted molar refractivity (Wildman–Crippen MR) is 48.8 cm³/mol. The van der Waals surface area contributed by atoms with Crippen LogP contribution in [0.5, 0.6) is 0 Å². The second-order valence-electron chi connectivity index (χ2n) is 3.55. The van der Waals surface area contributed by atoms with Crippen LogP contribution in [0.25, 0.3) is 0 Å². The summed E-state index contributed by atoms with van der Waals surface area (Å²) < 4.78 is 1.74. The fraction of sp³-hybridized carbons (Fsp3) is 0.667. The first-order valence-corrected chi connectivity index (χ1v) is 4.86. The molecule has 0 radical (unpaired) electrons. The fourth-order valence-corrected chi connectivity index (χ4v) is 1.71. The van der Waals surface area contributed by atoms with Crippen LogP contribution in [0.15, 0.2) is 0 Å². The summed E-state index contributed by atoms with van der Waals surface area (Å²) in [4.78, 5) is 15.1. The Bertz CT molecular complexity index is 359. The van der Waals surface area contributed by atoms with Gasteiger partial charge in [0, 0.05) is 12.8 Å². The minimum atomic E-state index is -0.732. The van der Waals surface area contributed by atoms with Gasteiger partial charge in [0.05, 0.1) is 12.5 Å². The third kappa shape index (κ3) is 1.49. The molecule has 0 saturated heterocycles. The minimum absolute atomic E-state index is 0.297. The number of carboxylic acids is 1. The Morgan fingerprint density at radius 2 is 2.50 bits per heavy atom. The number of carbonyl (C=O) groups is 1. The summed E-state index contributed by atoms with van der Waals surface area (Å²) in [5, 5.41) is 13.1. The van der Waals surface area contributed by atoms with Crippen molar-refractivity contribution in [1.82, 2.24) is 14.8 Å². The van der Waals surface area contributed by atoms with Crippen molar-refractivity contribution in [3.63, 3.8) is 0 Å². The molecule has 2 heterocycles. The van der Waals surface area contributed by atoms with E-state index in [2.05, 4.69) is 10.1 Å². The molecule has 5 heteroatoms. The topological polar surface area (TPSA) is 68.0 Å². The number of aliphatic carboxylic acids is 1. The summed E-state index contributed by atoms with van der Waals surface area (Å²) in [6, 6.07) is 0. The number of fused-ring (bicyclic) bond motifs is 1. The lowest BCUT2D eigenvalue weighted by molar-refractivity contribution is -0.142. The number of aryl methyl sites for hydroxylation is 2. The van der Waals surface area contributed by atoms with E-state index >= 15 is 0 Å². The van der Waals surface area contributed by atoms with Gasteiger partial charge in [-0.15, -0.1) is 0 Å². The molecule has 2 rings (SSSR count). The van der Waals surface area contributed by atoms with Crippen LogP contribution in [0.2, 0.25) is 0 Å². The van der Waals surface area contributed by atoms with Gasteiger partial charge in [0.2, 0.25) is 0 Å². The fourth-order valence-electron chi connectivity index (χ4n) is 1.71. The van der Waals surface area contributed by atoms with Gasteiger partial charge in [0.25, 0.3) is 0 Å². The van der Waals surface area contributed by atoms with Crippen LogP contribution in [0.3, 0.4) is 0 Å². The van der Waals surface area contributed by atoms with Crippen molar-refractivity contribution in [2.75, 3.05) is 0 Å². The first-order valence-electron chi connectivity index (χ1n) is 4.86. The lowest BCUT2D eigenvalue weighted by Crippen LogP contribution is -2.27. The second kappa shape index (κ2) is 3.40. The Balaban J connectivity index is 2.21. The van der Waals surface area contributed by atoms with E-state index < -0.39 is 5.97 Å². The van der Waals surface area contributed by atoms with Crippen molar-refractivity contribution in [3.8, 4) is 0 Å². The zero-order valence-electron chi connectivity index (χ0n) is 8.10. The van der Waals surface area contributed by atoms with E-state index in [4.69, 9.17) is 5.11 Å². The van der Waals surface area contributed by atoms with Crippen molar-refractivity contribution in [3.05, 3.63) is 11.6 Å². The highest BCUT2D eigenvalue weighted by molar-refractivity contribution is 5.70. The quantitative estimate of drug-likeness (QED) is 0.745. The monoisotopic (exact) mass is 195 g/mol. The van der Waals surface area contributed by atoms with Crippen LogP contribution in [-0.2, 0) is 24.2 Å². The molecule has 5 nitrogen and oxygen atoms in total. The van der Waals surface area contributed by atoms with E-state index in [9.17, 15) is 4.79 Å². The van der Waals surface area contributed by atoms with E-state index in [1.54, 1.807) is 4.68 Å². The molecule has 0 spiro atoms. The van der Waals surface area contributed by atoms with Crippen molar-refractivity contribution in [2.24, 2.45) is 5.92 Å². The lowest BCUT2D eigenvalue weighted by Gasteiger charge is -2.18. The van der Waals surface area contributed by atoms with E-state index in [0.29, 0.717) is 13.0 Å². The zero-order chi connectivity index (χ0) is 10.1. The van der Waals surface area contributed by atoms with Gasteiger partial charge < -0.3 is 5.11 Å². The Morgan fingerprint density at radius 1 is 1.71 bits per heavy atom. The molecule has 14 heavy (non-hydrogen) atoms. The summed E-state index contributed by atoms with van der Waals surface area (Å²) in [5.41, 5.74) is 0. The lowest BCUT2D eigenvalue weighted by atomic mass is 10.0. The first-order chi connectivity index (χ1) is 6.70. The Hall–Kier alpha value is -1.39. The first kappa shape index (κ1) is 9.18. The van der Waals surface area contributed by atoms with Gasteiger partial charge >= 0.3 is 5.97 Å².